The maximum absolute atomic E-state index is 6.09. The zero-order chi connectivity index (χ0) is 17.2. The molecule has 1 aromatic heterocycles. The molecule has 0 spiro atoms. The molecule has 0 amide bonds. The van der Waals surface area contributed by atoms with Gasteiger partial charge >= 0.3 is 0 Å². The summed E-state index contributed by atoms with van der Waals surface area (Å²) in [5.41, 5.74) is 11.0. The molecule has 2 N–H and O–H groups in total. The maximum atomic E-state index is 6.09. The molecular weight excluding hydrogens is 310 g/mol. The summed E-state index contributed by atoms with van der Waals surface area (Å²) in [6.45, 7) is 4.52. The molecule has 0 radical (unpaired) electrons. The number of nitrogen functional groups attached to an aromatic ring is 1. The number of benzene rings is 1. The number of aromatic nitrogens is 2. The number of nitrogens with two attached hydrogens (primary N) is 1. The topological polar surface area (TPSA) is 58.3 Å². The SMILES string of the molecule is CN(CCN1CCCC1)c1nc(N)nc2c1CCCc1ccccc1-2. The van der Waals surface area contributed by atoms with Crippen molar-refractivity contribution in [2.45, 2.75) is 32.1 Å². The second-order valence-electron chi connectivity index (χ2n) is 7.21. The number of fused-ring (bicyclic) bond motifs is 3. The zero-order valence-corrected chi connectivity index (χ0v) is 15.0. The number of hydrogen-bond donors (Lipinski definition) is 1. The Labute approximate surface area is 149 Å². The van der Waals surface area contributed by atoms with Crippen molar-refractivity contribution >= 4 is 11.8 Å². The van der Waals surface area contributed by atoms with E-state index in [2.05, 4.69) is 51.1 Å². The van der Waals surface area contributed by atoms with E-state index in [1.807, 2.05) is 0 Å². The number of likely N-dealkylation sites (tertiary alicyclic amines) is 1. The summed E-state index contributed by atoms with van der Waals surface area (Å²) in [5.74, 6) is 1.39. The lowest BCUT2D eigenvalue weighted by atomic mass is 10.0. The van der Waals surface area contributed by atoms with Crippen LogP contribution in [-0.4, -0.2) is 48.1 Å². The van der Waals surface area contributed by atoms with Gasteiger partial charge in [0, 0.05) is 31.3 Å². The van der Waals surface area contributed by atoms with Crippen molar-refractivity contribution < 1.29 is 0 Å². The molecule has 25 heavy (non-hydrogen) atoms. The van der Waals surface area contributed by atoms with Gasteiger partial charge in [-0.2, -0.15) is 4.98 Å². The van der Waals surface area contributed by atoms with Crippen molar-refractivity contribution in [3.8, 4) is 11.3 Å². The highest BCUT2D eigenvalue weighted by Gasteiger charge is 2.22. The second kappa shape index (κ2) is 7.00. The first-order valence-corrected chi connectivity index (χ1v) is 9.40. The highest BCUT2D eigenvalue weighted by atomic mass is 15.2. The molecule has 2 heterocycles. The van der Waals surface area contributed by atoms with Crippen LogP contribution in [0, 0.1) is 0 Å². The smallest absolute Gasteiger partial charge is 0.222 e. The molecule has 1 saturated heterocycles. The van der Waals surface area contributed by atoms with Gasteiger partial charge in [0.25, 0.3) is 0 Å². The first-order chi connectivity index (χ1) is 12.2. The fraction of sp³-hybridized carbons (Fsp3) is 0.500. The van der Waals surface area contributed by atoms with Crippen molar-refractivity contribution in [3.63, 3.8) is 0 Å². The van der Waals surface area contributed by atoms with Crippen LogP contribution in [0.1, 0.15) is 30.4 Å². The lowest BCUT2D eigenvalue weighted by Crippen LogP contribution is -2.32. The normalized spacial score (nSPS) is 17.0. The number of nitrogens with zero attached hydrogens (tertiary/aromatic N) is 4. The molecule has 0 saturated carbocycles. The minimum atomic E-state index is 0.374. The summed E-state index contributed by atoms with van der Waals surface area (Å²) in [6.07, 6.45) is 5.88. The van der Waals surface area contributed by atoms with E-state index in [9.17, 15) is 0 Å². The molecule has 5 nitrogen and oxygen atoms in total. The quantitative estimate of drug-likeness (QED) is 0.930. The first kappa shape index (κ1) is 16.3. The third-order valence-electron chi connectivity index (χ3n) is 5.46. The van der Waals surface area contributed by atoms with Crippen LogP contribution < -0.4 is 10.6 Å². The standard InChI is InChI=1S/C20H27N5/c1-24(13-14-25-11-4-5-12-25)19-17-10-6-8-15-7-2-3-9-16(15)18(17)22-20(21)23-19/h2-3,7,9H,4-6,8,10-14H2,1H3,(H2,21,22,23). The summed E-state index contributed by atoms with van der Waals surface area (Å²) in [5, 5.41) is 0. The number of likely N-dealkylation sites (N-methyl/N-ethyl adjacent to an activating group) is 1. The molecule has 0 atom stereocenters. The monoisotopic (exact) mass is 337 g/mol. The average molecular weight is 337 g/mol. The molecule has 2 aliphatic rings. The highest BCUT2D eigenvalue weighted by molar-refractivity contribution is 5.73. The van der Waals surface area contributed by atoms with Crippen LogP contribution in [0.3, 0.4) is 0 Å². The molecule has 0 bridgehead atoms. The summed E-state index contributed by atoms with van der Waals surface area (Å²) in [4.78, 5) is 14.0. The Morgan fingerprint density at radius 3 is 2.72 bits per heavy atom. The van der Waals surface area contributed by atoms with Gasteiger partial charge in [-0.1, -0.05) is 24.3 Å². The number of rotatable bonds is 4. The minimum Gasteiger partial charge on any atom is -0.368 e. The van der Waals surface area contributed by atoms with Gasteiger partial charge in [0.1, 0.15) is 5.82 Å². The van der Waals surface area contributed by atoms with Crippen LogP contribution in [0.25, 0.3) is 11.3 Å². The molecule has 1 aromatic carbocycles. The number of aryl methyl sites for hydroxylation is 1. The Morgan fingerprint density at radius 2 is 1.88 bits per heavy atom. The minimum absolute atomic E-state index is 0.374. The molecule has 2 aromatic rings. The maximum Gasteiger partial charge on any atom is 0.222 e. The van der Waals surface area contributed by atoms with Crippen molar-refractivity contribution in [1.29, 1.82) is 0 Å². The van der Waals surface area contributed by atoms with E-state index >= 15 is 0 Å². The number of anilines is 2. The van der Waals surface area contributed by atoms with Crippen LogP contribution in [0.2, 0.25) is 0 Å². The van der Waals surface area contributed by atoms with Crippen LogP contribution in [0.15, 0.2) is 24.3 Å². The van der Waals surface area contributed by atoms with E-state index in [-0.39, 0.29) is 0 Å². The van der Waals surface area contributed by atoms with E-state index < -0.39 is 0 Å². The highest BCUT2D eigenvalue weighted by Crippen LogP contribution is 2.35. The van der Waals surface area contributed by atoms with Gasteiger partial charge in [0.05, 0.1) is 5.69 Å². The molecule has 4 rings (SSSR count). The fourth-order valence-corrected chi connectivity index (χ4v) is 4.09. The van der Waals surface area contributed by atoms with E-state index in [4.69, 9.17) is 5.73 Å². The van der Waals surface area contributed by atoms with Gasteiger partial charge in [-0.3, -0.25) is 0 Å². The van der Waals surface area contributed by atoms with Crippen LogP contribution in [0.5, 0.6) is 0 Å². The van der Waals surface area contributed by atoms with Crippen molar-refractivity contribution in [2.75, 3.05) is 43.9 Å². The second-order valence-corrected chi connectivity index (χ2v) is 7.21. The van der Waals surface area contributed by atoms with Crippen molar-refractivity contribution in [3.05, 3.63) is 35.4 Å². The third kappa shape index (κ3) is 3.33. The molecule has 1 aliphatic heterocycles. The zero-order valence-electron chi connectivity index (χ0n) is 15.0. The predicted octanol–water partition coefficient (Wildman–Crippen LogP) is 2.75. The van der Waals surface area contributed by atoms with Crippen LogP contribution in [0.4, 0.5) is 11.8 Å². The van der Waals surface area contributed by atoms with Gasteiger partial charge in [-0.05, 0) is 50.8 Å². The van der Waals surface area contributed by atoms with Gasteiger partial charge in [0.2, 0.25) is 5.95 Å². The Balaban J connectivity index is 1.66. The average Bonchev–Trinajstić information content (AvgIpc) is 3.07. The predicted molar refractivity (Wildman–Crippen MR) is 103 cm³/mol. The van der Waals surface area contributed by atoms with E-state index in [0.717, 1.165) is 43.9 Å². The van der Waals surface area contributed by atoms with Crippen LogP contribution >= 0.6 is 0 Å². The number of hydrogen-bond acceptors (Lipinski definition) is 5. The van der Waals surface area contributed by atoms with Gasteiger partial charge in [0.15, 0.2) is 0 Å². The van der Waals surface area contributed by atoms with Crippen molar-refractivity contribution in [1.82, 2.24) is 14.9 Å². The van der Waals surface area contributed by atoms with E-state index in [0.29, 0.717) is 5.95 Å². The lowest BCUT2D eigenvalue weighted by molar-refractivity contribution is 0.346. The Bertz CT molecular complexity index is 752. The Kier molecular flexibility index (Phi) is 4.57. The molecule has 1 aliphatic carbocycles. The molecular formula is C20H27N5. The van der Waals surface area contributed by atoms with Gasteiger partial charge in [-0.15, -0.1) is 0 Å². The van der Waals surface area contributed by atoms with E-state index in [1.54, 1.807) is 0 Å². The molecule has 0 unspecified atom stereocenters. The third-order valence-corrected chi connectivity index (χ3v) is 5.46. The summed E-state index contributed by atoms with van der Waals surface area (Å²) >= 11 is 0. The first-order valence-electron chi connectivity index (χ1n) is 9.40. The lowest BCUT2D eigenvalue weighted by Gasteiger charge is -2.25. The Morgan fingerprint density at radius 1 is 1.08 bits per heavy atom. The summed E-state index contributed by atoms with van der Waals surface area (Å²) in [6, 6.07) is 8.57. The Hall–Kier alpha value is -2.14. The molecule has 5 heteroatoms. The molecule has 132 valence electrons. The van der Waals surface area contributed by atoms with Crippen LogP contribution in [-0.2, 0) is 12.8 Å². The fourth-order valence-electron chi connectivity index (χ4n) is 4.09. The largest absolute Gasteiger partial charge is 0.368 e. The molecule has 1 fully saturated rings. The van der Waals surface area contributed by atoms with Gasteiger partial charge < -0.3 is 15.5 Å². The summed E-state index contributed by atoms with van der Waals surface area (Å²) in [7, 11) is 2.13. The van der Waals surface area contributed by atoms with E-state index in [1.165, 1.54) is 42.6 Å². The summed E-state index contributed by atoms with van der Waals surface area (Å²) < 4.78 is 0. The van der Waals surface area contributed by atoms with Gasteiger partial charge in [-0.25, -0.2) is 4.98 Å². The van der Waals surface area contributed by atoms with Crippen molar-refractivity contribution in [2.24, 2.45) is 0 Å².